The molecule has 7 heteroatoms. The second kappa shape index (κ2) is 8.10. The van der Waals surface area contributed by atoms with Gasteiger partial charge in [-0.1, -0.05) is 17.7 Å². The van der Waals surface area contributed by atoms with Gasteiger partial charge >= 0.3 is 0 Å². The summed E-state index contributed by atoms with van der Waals surface area (Å²) in [5.74, 6) is 0.396. The number of hydrogen-bond donors (Lipinski definition) is 2. The molecule has 0 atom stereocenters. The molecular weight excluding hydrogens is 420 g/mol. The normalized spacial score (nSPS) is 13.2. The highest BCUT2D eigenvalue weighted by Crippen LogP contribution is 2.31. The highest BCUT2D eigenvalue weighted by atomic mass is 79.9. The van der Waals surface area contributed by atoms with E-state index in [0.29, 0.717) is 26.6 Å². The minimum absolute atomic E-state index is 0.0347. The highest BCUT2D eigenvalue weighted by molar-refractivity contribution is 9.10. The van der Waals surface area contributed by atoms with Gasteiger partial charge in [0.05, 0.1) is 4.47 Å². The topological polar surface area (TPSA) is 67.4 Å². The number of hydrogen-bond acceptors (Lipinski definition) is 3. The van der Waals surface area contributed by atoms with E-state index in [1.807, 2.05) is 13.0 Å². The van der Waals surface area contributed by atoms with Gasteiger partial charge in [-0.15, -0.1) is 0 Å². The molecule has 0 aromatic heterocycles. The summed E-state index contributed by atoms with van der Waals surface area (Å²) in [5.41, 5.74) is 2.25. The number of benzene rings is 2. The lowest BCUT2D eigenvalue weighted by molar-refractivity contribution is -0.118. The van der Waals surface area contributed by atoms with Crippen LogP contribution in [0, 0.1) is 12.8 Å². The first kappa shape index (κ1) is 18.7. The smallest absolute Gasteiger partial charge is 0.262 e. The molecule has 1 aliphatic carbocycles. The molecule has 2 N–H and O–H groups in total. The Bertz CT molecular complexity index is 853. The third-order valence-corrected chi connectivity index (χ3v) is 4.83. The summed E-state index contributed by atoms with van der Waals surface area (Å²) in [6, 6.07) is 10.5. The maximum absolute atomic E-state index is 12.1. The molecule has 26 heavy (non-hydrogen) atoms. The van der Waals surface area contributed by atoms with Crippen molar-refractivity contribution in [2.45, 2.75) is 19.8 Å². The predicted octanol–water partition coefficient (Wildman–Crippen LogP) is 4.78. The zero-order chi connectivity index (χ0) is 18.7. The zero-order valence-electron chi connectivity index (χ0n) is 14.1. The van der Waals surface area contributed by atoms with Gasteiger partial charge in [-0.05, 0) is 71.6 Å². The standard InChI is InChI=1S/C19H18BrClN2O3/c1-11-2-6-14(9-16(11)23-19(25)12-3-4-12)22-18(24)10-26-17-7-5-13(21)8-15(17)20/h2,5-9,12H,3-4,10H2,1H3,(H,22,24)(H,23,25). The molecule has 3 rings (SSSR count). The van der Waals surface area contributed by atoms with Gasteiger partial charge in [0.25, 0.3) is 5.91 Å². The van der Waals surface area contributed by atoms with Gasteiger partial charge in [-0.3, -0.25) is 9.59 Å². The Kier molecular flexibility index (Phi) is 5.84. The number of rotatable bonds is 6. The number of nitrogens with one attached hydrogen (secondary N) is 2. The Morgan fingerprint density at radius 1 is 1.19 bits per heavy atom. The summed E-state index contributed by atoms with van der Waals surface area (Å²) in [6.45, 7) is 1.77. The molecule has 0 radical (unpaired) electrons. The van der Waals surface area contributed by atoms with E-state index in [1.165, 1.54) is 0 Å². The molecule has 0 spiro atoms. The van der Waals surface area contributed by atoms with Crippen molar-refractivity contribution in [3.63, 3.8) is 0 Å². The molecule has 2 aromatic rings. The van der Waals surface area contributed by atoms with Crippen LogP contribution in [0.25, 0.3) is 0 Å². The fourth-order valence-electron chi connectivity index (χ4n) is 2.35. The Labute approximate surface area is 165 Å². The summed E-state index contributed by atoms with van der Waals surface area (Å²) in [7, 11) is 0. The van der Waals surface area contributed by atoms with Crippen molar-refractivity contribution < 1.29 is 14.3 Å². The molecule has 0 bridgehead atoms. The first-order chi connectivity index (χ1) is 12.4. The molecule has 1 saturated carbocycles. The van der Waals surface area contributed by atoms with E-state index < -0.39 is 0 Å². The Morgan fingerprint density at radius 2 is 1.96 bits per heavy atom. The minimum atomic E-state index is -0.296. The summed E-state index contributed by atoms with van der Waals surface area (Å²) in [5, 5.41) is 6.27. The molecule has 136 valence electrons. The number of halogens is 2. The van der Waals surface area contributed by atoms with Crippen molar-refractivity contribution in [1.29, 1.82) is 0 Å². The van der Waals surface area contributed by atoms with Crippen molar-refractivity contribution >= 4 is 50.7 Å². The molecule has 2 aromatic carbocycles. The van der Waals surface area contributed by atoms with Crippen LogP contribution in [-0.4, -0.2) is 18.4 Å². The molecular formula is C19H18BrClN2O3. The van der Waals surface area contributed by atoms with Gasteiger partial charge in [0.2, 0.25) is 5.91 Å². The molecule has 0 aliphatic heterocycles. The fourth-order valence-corrected chi connectivity index (χ4v) is 3.14. The van der Waals surface area contributed by atoms with Crippen LogP contribution in [-0.2, 0) is 9.59 Å². The van der Waals surface area contributed by atoms with Gasteiger partial charge in [0.1, 0.15) is 5.75 Å². The van der Waals surface area contributed by atoms with E-state index in [9.17, 15) is 9.59 Å². The third kappa shape index (κ3) is 4.99. The summed E-state index contributed by atoms with van der Waals surface area (Å²) in [4.78, 5) is 24.1. The van der Waals surface area contributed by atoms with Crippen LogP contribution in [0.5, 0.6) is 5.75 Å². The number of carbonyl (C=O) groups is 2. The van der Waals surface area contributed by atoms with Gasteiger partial charge in [-0.25, -0.2) is 0 Å². The lowest BCUT2D eigenvalue weighted by Crippen LogP contribution is -2.20. The van der Waals surface area contributed by atoms with E-state index >= 15 is 0 Å². The van der Waals surface area contributed by atoms with E-state index in [1.54, 1.807) is 30.3 Å². The van der Waals surface area contributed by atoms with Crippen LogP contribution in [0.15, 0.2) is 40.9 Å². The number of anilines is 2. The van der Waals surface area contributed by atoms with Crippen molar-refractivity contribution in [1.82, 2.24) is 0 Å². The first-order valence-corrected chi connectivity index (χ1v) is 9.38. The second-order valence-electron chi connectivity index (χ2n) is 6.20. The van der Waals surface area contributed by atoms with Crippen LogP contribution in [0.3, 0.4) is 0 Å². The van der Waals surface area contributed by atoms with Crippen LogP contribution >= 0.6 is 27.5 Å². The van der Waals surface area contributed by atoms with E-state index in [4.69, 9.17) is 16.3 Å². The maximum Gasteiger partial charge on any atom is 0.262 e. The molecule has 1 aliphatic rings. The maximum atomic E-state index is 12.1. The summed E-state index contributed by atoms with van der Waals surface area (Å²) >= 11 is 9.22. The van der Waals surface area contributed by atoms with Crippen LogP contribution in [0.1, 0.15) is 18.4 Å². The molecule has 0 saturated heterocycles. The minimum Gasteiger partial charge on any atom is -0.483 e. The van der Waals surface area contributed by atoms with Crippen LogP contribution < -0.4 is 15.4 Å². The fraction of sp³-hybridized carbons (Fsp3) is 0.263. The largest absolute Gasteiger partial charge is 0.483 e. The number of amides is 2. The van der Waals surface area contributed by atoms with E-state index in [0.717, 1.165) is 18.4 Å². The lowest BCUT2D eigenvalue weighted by Gasteiger charge is -2.12. The average molecular weight is 438 g/mol. The van der Waals surface area contributed by atoms with Gasteiger partial charge in [0.15, 0.2) is 6.61 Å². The summed E-state index contributed by atoms with van der Waals surface area (Å²) in [6.07, 6.45) is 1.89. The quantitative estimate of drug-likeness (QED) is 0.683. The first-order valence-electron chi connectivity index (χ1n) is 8.21. The van der Waals surface area contributed by atoms with Crippen LogP contribution in [0.4, 0.5) is 11.4 Å². The lowest BCUT2D eigenvalue weighted by atomic mass is 10.1. The van der Waals surface area contributed by atoms with Crippen molar-refractivity contribution in [2.75, 3.05) is 17.2 Å². The average Bonchev–Trinajstić information content (AvgIpc) is 3.42. The predicted molar refractivity (Wildman–Crippen MR) is 106 cm³/mol. The second-order valence-corrected chi connectivity index (χ2v) is 7.50. The molecule has 2 amide bonds. The van der Waals surface area contributed by atoms with Crippen molar-refractivity contribution in [3.05, 3.63) is 51.5 Å². The Balaban J connectivity index is 1.59. The SMILES string of the molecule is Cc1ccc(NC(=O)COc2ccc(Cl)cc2Br)cc1NC(=O)C1CC1. The monoisotopic (exact) mass is 436 g/mol. The molecule has 5 nitrogen and oxygen atoms in total. The van der Waals surface area contributed by atoms with E-state index in [-0.39, 0.29) is 24.3 Å². The molecule has 0 unspecified atom stereocenters. The third-order valence-electron chi connectivity index (χ3n) is 3.98. The number of aryl methyl sites for hydroxylation is 1. The van der Waals surface area contributed by atoms with Gasteiger partial charge < -0.3 is 15.4 Å². The molecule has 1 fully saturated rings. The van der Waals surface area contributed by atoms with E-state index in [2.05, 4.69) is 26.6 Å². The number of ether oxygens (including phenoxy) is 1. The highest BCUT2D eigenvalue weighted by Gasteiger charge is 2.29. The number of carbonyl (C=O) groups excluding carboxylic acids is 2. The zero-order valence-corrected chi connectivity index (χ0v) is 16.5. The van der Waals surface area contributed by atoms with Gasteiger partial charge in [0, 0.05) is 22.3 Å². The van der Waals surface area contributed by atoms with Crippen molar-refractivity contribution in [3.8, 4) is 5.75 Å². The Hall–Kier alpha value is -2.05. The van der Waals surface area contributed by atoms with Crippen LogP contribution in [0.2, 0.25) is 5.02 Å². The summed E-state index contributed by atoms with van der Waals surface area (Å²) < 4.78 is 6.18. The molecule has 0 heterocycles. The van der Waals surface area contributed by atoms with Gasteiger partial charge in [-0.2, -0.15) is 0 Å². The Morgan fingerprint density at radius 3 is 2.65 bits per heavy atom. The van der Waals surface area contributed by atoms with Crippen molar-refractivity contribution in [2.24, 2.45) is 5.92 Å².